The van der Waals surface area contributed by atoms with Crippen LogP contribution in [0.25, 0.3) is 0 Å². The molecule has 1 heterocycles. The Morgan fingerprint density at radius 1 is 1.07 bits per heavy atom. The summed E-state index contributed by atoms with van der Waals surface area (Å²) < 4.78 is 4.68. The first-order valence-corrected chi connectivity index (χ1v) is 5.43. The molecule has 2 atom stereocenters. The predicted molar refractivity (Wildman–Crippen MR) is 57.9 cm³/mol. The van der Waals surface area contributed by atoms with Crippen LogP contribution >= 0.6 is 11.6 Å². The van der Waals surface area contributed by atoms with Gasteiger partial charge in [-0.1, -0.05) is 11.6 Å². The molecule has 1 rings (SSSR count). The van der Waals surface area contributed by atoms with Gasteiger partial charge in [0, 0.05) is 19.6 Å². The van der Waals surface area contributed by atoms with E-state index in [0.29, 0.717) is 25.7 Å². The lowest BCUT2D eigenvalue weighted by molar-refractivity contribution is 0.136. The van der Waals surface area contributed by atoms with E-state index >= 15 is 0 Å². The van der Waals surface area contributed by atoms with E-state index in [1.54, 1.807) is 4.90 Å². The van der Waals surface area contributed by atoms with Gasteiger partial charge in [-0.25, -0.2) is 0 Å². The second kappa shape index (κ2) is 9.33. The van der Waals surface area contributed by atoms with Gasteiger partial charge in [-0.3, -0.25) is 4.90 Å². The van der Waals surface area contributed by atoms with Crippen LogP contribution in [0.1, 0.15) is 6.92 Å². The number of halogens is 1. The van der Waals surface area contributed by atoms with E-state index in [4.69, 9.17) is 26.9 Å². The van der Waals surface area contributed by atoms with Gasteiger partial charge < -0.3 is 20.1 Å². The van der Waals surface area contributed by atoms with E-state index in [1.165, 1.54) is 0 Å². The fourth-order valence-electron chi connectivity index (χ4n) is 0.919. The summed E-state index contributed by atoms with van der Waals surface area (Å²) in [5.41, 5.74) is 0.0231. The van der Waals surface area contributed by atoms with Crippen LogP contribution in [0.4, 0.5) is 0 Å². The first kappa shape index (κ1) is 15.1. The third-order valence-electron chi connectivity index (χ3n) is 1.89. The van der Waals surface area contributed by atoms with E-state index in [2.05, 4.69) is 4.74 Å². The SMILES string of the molecule is CC1OC1Cl.OCCN(CCO)CCO. The maximum atomic E-state index is 8.48. The van der Waals surface area contributed by atoms with Crippen molar-refractivity contribution >= 4 is 11.6 Å². The third-order valence-corrected chi connectivity index (χ3v) is 2.34. The highest BCUT2D eigenvalue weighted by Crippen LogP contribution is 2.23. The van der Waals surface area contributed by atoms with Crippen LogP contribution in [0.2, 0.25) is 0 Å². The summed E-state index contributed by atoms with van der Waals surface area (Å²) >= 11 is 5.31. The summed E-state index contributed by atoms with van der Waals surface area (Å²) in [5.74, 6) is 0. The van der Waals surface area contributed by atoms with Crippen molar-refractivity contribution in [3.05, 3.63) is 0 Å². The summed E-state index contributed by atoms with van der Waals surface area (Å²) in [6.45, 7) is 3.70. The second-order valence-electron chi connectivity index (χ2n) is 3.20. The minimum absolute atomic E-state index is 0.0231. The monoisotopic (exact) mass is 241 g/mol. The second-order valence-corrected chi connectivity index (χ2v) is 3.63. The van der Waals surface area contributed by atoms with Gasteiger partial charge in [0.2, 0.25) is 0 Å². The number of aliphatic hydroxyl groups is 3. The molecule has 1 fully saturated rings. The van der Waals surface area contributed by atoms with Gasteiger partial charge in [0.15, 0.2) is 5.56 Å². The van der Waals surface area contributed by atoms with Crippen LogP contribution in [-0.4, -0.2) is 71.3 Å². The largest absolute Gasteiger partial charge is 0.395 e. The molecule has 0 saturated carbocycles. The molecule has 5 nitrogen and oxygen atoms in total. The normalized spacial score (nSPS) is 23.6. The average Bonchev–Trinajstić information content (AvgIpc) is 2.82. The molecule has 1 saturated heterocycles. The van der Waals surface area contributed by atoms with Crippen LogP contribution in [0.15, 0.2) is 0 Å². The zero-order chi connectivity index (χ0) is 11.7. The van der Waals surface area contributed by atoms with Crippen LogP contribution in [0.3, 0.4) is 0 Å². The number of alkyl halides is 1. The lowest BCUT2D eigenvalue weighted by Gasteiger charge is -2.17. The van der Waals surface area contributed by atoms with Crippen molar-refractivity contribution in [1.29, 1.82) is 0 Å². The molecular formula is C9H20ClNO4. The molecule has 0 radical (unpaired) electrons. The smallest absolute Gasteiger partial charge is 0.157 e. The van der Waals surface area contributed by atoms with Crippen LogP contribution in [-0.2, 0) is 4.74 Å². The molecule has 2 unspecified atom stereocenters. The number of hydrogen-bond acceptors (Lipinski definition) is 5. The average molecular weight is 242 g/mol. The van der Waals surface area contributed by atoms with E-state index in [0.717, 1.165) is 0 Å². The summed E-state index contributed by atoms with van der Waals surface area (Å²) in [4.78, 5) is 1.79. The molecule has 0 aromatic heterocycles. The molecule has 1 aliphatic heterocycles. The topological polar surface area (TPSA) is 76.5 Å². The first-order chi connectivity index (χ1) is 7.15. The number of hydrogen-bond donors (Lipinski definition) is 3. The lowest BCUT2D eigenvalue weighted by atomic mass is 10.4. The minimum atomic E-state index is 0.0231. The highest BCUT2D eigenvalue weighted by Gasteiger charge is 2.30. The van der Waals surface area contributed by atoms with Gasteiger partial charge in [-0.05, 0) is 6.92 Å². The van der Waals surface area contributed by atoms with Crippen molar-refractivity contribution in [2.45, 2.75) is 18.6 Å². The van der Waals surface area contributed by atoms with E-state index in [9.17, 15) is 0 Å². The van der Waals surface area contributed by atoms with Gasteiger partial charge in [-0.2, -0.15) is 0 Å². The highest BCUT2D eigenvalue weighted by atomic mass is 35.5. The summed E-state index contributed by atoms with van der Waals surface area (Å²) in [6.07, 6.45) is 0.316. The maximum absolute atomic E-state index is 8.48. The molecule has 1 aliphatic rings. The fraction of sp³-hybridized carbons (Fsp3) is 1.00. The summed E-state index contributed by atoms with van der Waals surface area (Å²) in [6, 6.07) is 0. The molecule has 3 N–H and O–H groups in total. The van der Waals surface area contributed by atoms with E-state index < -0.39 is 0 Å². The van der Waals surface area contributed by atoms with Crippen molar-refractivity contribution < 1.29 is 20.1 Å². The van der Waals surface area contributed by atoms with Gasteiger partial charge in [0.05, 0.1) is 25.9 Å². The van der Waals surface area contributed by atoms with Gasteiger partial charge in [0.25, 0.3) is 0 Å². The zero-order valence-electron chi connectivity index (χ0n) is 8.97. The first-order valence-electron chi connectivity index (χ1n) is 5.00. The van der Waals surface area contributed by atoms with Crippen LogP contribution < -0.4 is 0 Å². The number of ether oxygens (including phenoxy) is 1. The fourth-order valence-corrected chi connectivity index (χ4v) is 1.08. The van der Waals surface area contributed by atoms with Crippen molar-refractivity contribution in [1.82, 2.24) is 4.90 Å². The molecule has 0 aromatic rings. The Kier molecular flexibility index (Phi) is 9.38. The third kappa shape index (κ3) is 9.04. The molecule has 92 valence electrons. The molecule has 0 aliphatic carbocycles. The zero-order valence-corrected chi connectivity index (χ0v) is 9.73. The molecule has 0 amide bonds. The Morgan fingerprint density at radius 3 is 1.47 bits per heavy atom. The molecule has 0 aromatic carbocycles. The Balaban J connectivity index is 0.000000322. The van der Waals surface area contributed by atoms with Crippen molar-refractivity contribution in [2.24, 2.45) is 0 Å². The number of aliphatic hydroxyl groups excluding tert-OH is 3. The lowest BCUT2D eigenvalue weighted by Crippen LogP contribution is -2.32. The molecular weight excluding hydrogens is 222 g/mol. The molecule has 6 heteroatoms. The Labute approximate surface area is 95.2 Å². The van der Waals surface area contributed by atoms with Crippen molar-refractivity contribution in [3.63, 3.8) is 0 Å². The number of nitrogens with zero attached hydrogens (tertiary/aromatic N) is 1. The molecule has 0 bridgehead atoms. The quantitative estimate of drug-likeness (QED) is 0.421. The van der Waals surface area contributed by atoms with E-state index in [1.807, 2.05) is 6.92 Å². The van der Waals surface area contributed by atoms with Gasteiger partial charge >= 0.3 is 0 Å². The van der Waals surface area contributed by atoms with Gasteiger partial charge in [0.1, 0.15) is 0 Å². The number of epoxide rings is 1. The Hall–Kier alpha value is 0.0900. The summed E-state index contributed by atoms with van der Waals surface area (Å²) in [7, 11) is 0. The van der Waals surface area contributed by atoms with Gasteiger partial charge in [-0.15, -0.1) is 0 Å². The highest BCUT2D eigenvalue weighted by molar-refractivity contribution is 6.21. The van der Waals surface area contributed by atoms with E-state index in [-0.39, 0.29) is 25.4 Å². The van der Waals surface area contributed by atoms with Crippen molar-refractivity contribution in [3.8, 4) is 0 Å². The Bertz CT molecular complexity index is 130. The predicted octanol–water partition coefficient (Wildman–Crippen LogP) is -0.765. The van der Waals surface area contributed by atoms with Crippen LogP contribution in [0.5, 0.6) is 0 Å². The van der Waals surface area contributed by atoms with Crippen LogP contribution in [0, 0.1) is 0 Å². The van der Waals surface area contributed by atoms with Crippen molar-refractivity contribution in [2.75, 3.05) is 39.5 Å². The maximum Gasteiger partial charge on any atom is 0.157 e. The standard InChI is InChI=1S/C6H15NO3.C3H5ClO/c8-4-1-7(2-5-9)3-6-10;1-2-3(4)5-2/h8-10H,1-6H2;2-3H,1H3. The number of rotatable bonds is 6. The molecule has 15 heavy (non-hydrogen) atoms. The Morgan fingerprint density at radius 2 is 1.33 bits per heavy atom. The minimum Gasteiger partial charge on any atom is -0.395 e. The summed E-state index contributed by atoms with van der Waals surface area (Å²) in [5, 5.41) is 25.5. The molecule has 0 spiro atoms.